The van der Waals surface area contributed by atoms with Crippen LogP contribution in [0, 0.1) is 5.92 Å². The largest absolute Gasteiger partial charge is 0.465 e. The SMILES string of the molecule is COC[C@@H]1CN(C(=O)O)C[C@H]1OS(C)(=O)=O. The number of amides is 1. The van der Waals surface area contributed by atoms with Crippen LogP contribution in [0.15, 0.2) is 0 Å². The quantitative estimate of drug-likeness (QED) is 0.684. The van der Waals surface area contributed by atoms with Gasteiger partial charge in [0.25, 0.3) is 10.1 Å². The highest BCUT2D eigenvalue weighted by Crippen LogP contribution is 2.21. The molecule has 0 aliphatic carbocycles. The van der Waals surface area contributed by atoms with Crippen LogP contribution in [0.3, 0.4) is 0 Å². The summed E-state index contributed by atoms with van der Waals surface area (Å²) in [5, 5.41) is 8.80. The summed E-state index contributed by atoms with van der Waals surface area (Å²) >= 11 is 0. The van der Waals surface area contributed by atoms with E-state index in [1.54, 1.807) is 0 Å². The molecule has 0 aromatic heterocycles. The minimum atomic E-state index is -3.58. The Hall–Kier alpha value is -0.860. The Kier molecular flexibility index (Phi) is 4.11. The molecule has 16 heavy (non-hydrogen) atoms. The van der Waals surface area contributed by atoms with Crippen molar-refractivity contribution in [2.45, 2.75) is 6.10 Å². The van der Waals surface area contributed by atoms with Crippen molar-refractivity contribution < 1.29 is 27.2 Å². The van der Waals surface area contributed by atoms with Crippen LogP contribution in [0.4, 0.5) is 4.79 Å². The Morgan fingerprint density at radius 1 is 1.50 bits per heavy atom. The highest BCUT2D eigenvalue weighted by molar-refractivity contribution is 7.86. The van der Waals surface area contributed by atoms with Crippen LogP contribution >= 0.6 is 0 Å². The molecule has 1 N–H and O–H groups in total. The van der Waals surface area contributed by atoms with E-state index < -0.39 is 22.3 Å². The van der Waals surface area contributed by atoms with E-state index in [0.29, 0.717) is 0 Å². The van der Waals surface area contributed by atoms with Crippen LogP contribution in [0.1, 0.15) is 0 Å². The van der Waals surface area contributed by atoms with E-state index in [1.165, 1.54) is 7.11 Å². The Morgan fingerprint density at radius 3 is 2.56 bits per heavy atom. The number of ether oxygens (including phenoxy) is 1. The molecular formula is C8H15NO6S. The Bertz CT molecular complexity index is 354. The number of rotatable bonds is 4. The fourth-order valence-electron chi connectivity index (χ4n) is 1.71. The first-order chi connectivity index (χ1) is 7.33. The standard InChI is InChI=1S/C8H15NO6S/c1-14-5-6-3-9(8(10)11)4-7(6)15-16(2,12)13/h6-7H,3-5H2,1-2H3,(H,10,11)/t6-,7+/m0/s1. The van der Waals surface area contributed by atoms with Crippen molar-refractivity contribution in [1.29, 1.82) is 0 Å². The predicted molar refractivity (Wildman–Crippen MR) is 54.7 cm³/mol. The van der Waals surface area contributed by atoms with Gasteiger partial charge in [0.2, 0.25) is 0 Å². The molecule has 0 aromatic rings. The summed E-state index contributed by atoms with van der Waals surface area (Å²) in [6.07, 6.45) is -0.799. The zero-order chi connectivity index (χ0) is 12.3. The minimum Gasteiger partial charge on any atom is -0.465 e. The van der Waals surface area contributed by atoms with Gasteiger partial charge in [-0.05, 0) is 0 Å². The fraction of sp³-hybridized carbons (Fsp3) is 0.875. The van der Waals surface area contributed by atoms with E-state index in [-0.39, 0.29) is 25.6 Å². The lowest BCUT2D eigenvalue weighted by Gasteiger charge is -2.15. The molecule has 1 rings (SSSR count). The highest BCUT2D eigenvalue weighted by atomic mass is 32.2. The topological polar surface area (TPSA) is 93.1 Å². The third kappa shape index (κ3) is 3.62. The first-order valence-corrected chi connectivity index (χ1v) is 6.50. The molecule has 0 bridgehead atoms. The Morgan fingerprint density at radius 2 is 2.12 bits per heavy atom. The normalized spacial score (nSPS) is 26.0. The Balaban J connectivity index is 2.69. The molecule has 0 spiro atoms. The maximum Gasteiger partial charge on any atom is 0.407 e. The molecule has 1 amide bonds. The molecule has 0 aromatic carbocycles. The van der Waals surface area contributed by atoms with Gasteiger partial charge in [0.1, 0.15) is 6.10 Å². The fourth-order valence-corrected chi connectivity index (χ4v) is 2.37. The maximum atomic E-state index is 11.0. The summed E-state index contributed by atoms with van der Waals surface area (Å²) in [4.78, 5) is 11.9. The summed E-state index contributed by atoms with van der Waals surface area (Å²) in [6, 6.07) is 0. The van der Waals surface area contributed by atoms with Crippen molar-refractivity contribution in [3.05, 3.63) is 0 Å². The van der Waals surface area contributed by atoms with Gasteiger partial charge in [-0.1, -0.05) is 0 Å². The number of nitrogens with zero attached hydrogens (tertiary/aromatic N) is 1. The first-order valence-electron chi connectivity index (χ1n) is 4.68. The van der Waals surface area contributed by atoms with Crippen molar-refractivity contribution in [2.24, 2.45) is 5.92 Å². The predicted octanol–water partition coefficient (Wildman–Crippen LogP) is -0.413. The molecule has 0 radical (unpaired) electrons. The number of likely N-dealkylation sites (tertiary alicyclic amines) is 1. The second-order valence-corrected chi connectivity index (χ2v) is 5.34. The van der Waals surface area contributed by atoms with Gasteiger partial charge in [0.15, 0.2) is 0 Å². The van der Waals surface area contributed by atoms with Crippen LogP contribution in [0.2, 0.25) is 0 Å². The van der Waals surface area contributed by atoms with E-state index >= 15 is 0 Å². The van der Waals surface area contributed by atoms with Crippen LogP contribution in [0.5, 0.6) is 0 Å². The Labute approximate surface area is 94.1 Å². The van der Waals surface area contributed by atoms with E-state index in [0.717, 1.165) is 11.2 Å². The zero-order valence-electron chi connectivity index (χ0n) is 9.12. The van der Waals surface area contributed by atoms with Crippen molar-refractivity contribution in [1.82, 2.24) is 4.90 Å². The zero-order valence-corrected chi connectivity index (χ0v) is 9.94. The number of methoxy groups -OCH3 is 1. The third-order valence-electron chi connectivity index (χ3n) is 2.33. The van der Waals surface area contributed by atoms with Crippen LogP contribution in [-0.2, 0) is 19.0 Å². The number of carbonyl (C=O) groups is 1. The molecule has 1 aliphatic heterocycles. The highest BCUT2D eigenvalue weighted by Gasteiger charge is 2.37. The van der Waals surface area contributed by atoms with Gasteiger partial charge < -0.3 is 14.7 Å². The van der Waals surface area contributed by atoms with Gasteiger partial charge in [-0.3, -0.25) is 4.18 Å². The van der Waals surface area contributed by atoms with Crippen LogP contribution in [0.25, 0.3) is 0 Å². The minimum absolute atomic E-state index is 0.0520. The molecule has 0 unspecified atom stereocenters. The molecule has 1 fully saturated rings. The van der Waals surface area contributed by atoms with E-state index in [9.17, 15) is 13.2 Å². The summed E-state index contributed by atoms with van der Waals surface area (Å²) in [5.74, 6) is -0.254. The lowest BCUT2D eigenvalue weighted by Crippen LogP contribution is -2.29. The molecule has 1 heterocycles. The average Bonchev–Trinajstić information content (AvgIpc) is 2.47. The number of carboxylic acid groups (broad SMARTS) is 1. The summed E-state index contributed by atoms with van der Waals surface area (Å²) < 4.78 is 31.7. The molecule has 8 heteroatoms. The first kappa shape index (κ1) is 13.2. The number of hydrogen-bond acceptors (Lipinski definition) is 5. The maximum absolute atomic E-state index is 11.0. The van der Waals surface area contributed by atoms with Gasteiger partial charge in [-0.25, -0.2) is 4.79 Å². The van der Waals surface area contributed by atoms with Crippen LogP contribution in [-0.4, -0.2) is 63.7 Å². The van der Waals surface area contributed by atoms with E-state index in [4.69, 9.17) is 14.0 Å². The monoisotopic (exact) mass is 253 g/mol. The van der Waals surface area contributed by atoms with Gasteiger partial charge in [0, 0.05) is 19.6 Å². The molecule has 1 saturated heterocycles. The van der Waals surface area contributed by atoms with Crippen molar-refractivity contribution in [2.75, 3.05) is 33.1 Å². The third-order valence-corrected chi connectivity index (χ3v) is 2.93. The van der Waals surface area contributed by atoms with Gasteiger partial charge in [-0.15, -0.1) is 0 Å². The van der Waals surface area contributed by atoms with Crippen molar-refractivity contribution >= 4 is 16.2 Å². The lowest BCUT2D eigenvalue weighted by atomic mass is 10.1. The molecule has 2 atom stereocenters. The molecule has 7 nitrogen and oxygen atoms in total. The molecular weight excluding hydrogens is 238 g/mol. The summed E-state index contributed by atoms with van der Waals surface area (Å²) in [5.41, 5.74) is 0. The number of hydrogen-bond donors (Lipinski definition) is 1. The smallest absolute Gasteiger partial charge is 0.407 e. The van der Waals surface area contributed by atoms with Gasteiger partial charge in [0.05, 0.1) is 19.4 Å². The second kappa shape index (κ2) is 4.98. The van der Waals surface area contributed by atoms with E-state index in [2.05, 4.69) is 0 Å². The lowest BCUT2D eigenvalue weighted by molar-refractivity contribution is 0.0971. The molecule has 0 saturated carbocycles. The summed E-state index contributed by atoms with van der Waals surface area (Å²) in [7, 11) is -2.11. The van der Waals surface area contributed by atoms with Gasteiger partial charge >= 0.3 is 6.09 Å². The van der Waals surface area contributed by atoms with Crippen molar-refractivity contribution in [3.63, 3.8) is 0 Å². The van der Waals surface area contributed by atoms with Crippen molar-refractivity contribution in [3.8, 4) is 0 Å². The second-order valence-electron chi connectivity index (χ2n) is 3.74. The average molecular weight is 253 g/mol. The van der Waals surface area contributed by atoms with Crippen LogP contribution < -0.4 is 0 Å². The van der Waals surface area contributed by atoms with Gasteiger partial charge in [-0.2, -0.15) is 8.42 Å². The summed E-state index contributed by atoms with van der Waals surface area (Å²) in [6.45, 7) is 0.545. The molecule has 94 valence electrons. The van der Waals surface area contributed by atoms with E-state index in [1.807, 2.05) is 0 Å². The molecule has 1 aliphatic rings.